The third kappa shape index (κ3) is 4.77. The van der Waals surface area contributed by atoms with Gasteiger partial charge in [0.2, 0.25) is 0 Å². The normalized spacial score (nSPS) is 17.2. The van der Waals surface area contributed by atoms with Gasteiger partial charge < -0.3 is 0 Å². The molecule has 0 saturated heterocycles. The van der Waals surface area contributed by atoms with Gasteiger partial charge in [0.15, 0.2) is 0 Å². The summed E-state index contributed by atoms with van der Waals surface area (Å²) in [5.74, 6) is 0. The summed E-state index contributed by atoms with van der Waals surface area (Å²) in [4.78, 5) is 0. The molecule has 6 rings (SSSR count). The molecule has 4 aromatic carbocycles. The zero-order chi connectivity index (χ0) is 31.2. The first-order valence-electron chi connectivity index (χ1n) is 16.9. The average Bonchev–Trinajstić information content (AvgIpc) is 3.64. The molecule has 2 aliphatic rings. The van der Waals surface area contributed by atoms with Crippen molar-refractivity contribution >= 4 is 15.4 Å². The molecule has 0 N–H and O–H groups in total. The standard InChI is InChI=1S/2C17H15.C7H14.2CH3.Hf/c2*1-12-6-3-7-13(2)17(12)16-11-5-9-14-8-4-10-15(14)16;1-3-5-7-6-4-2;;;/h2*3-11H,1-2H3;3-6H2,1-2H3;2*1H3;. The van der Waals surface area contributed by atoms with E-state index in [1.54, 1.807) is 11.1 Å². The Morgan fingerprint density at radius 3 is 1.27 bits per heavy atom. The summed E-state index contributed by atoms with van der Waals surface area (Å²) in [5, 5.41) is 0. The van der Waals surface area contributed by atoms with Crippen LogP contribution in [-0.4, -0.2) is 3.26 Å². The molecule has 2 atom stereocenters. The van der Waals surface area contributed by atoms with Crippen LogP contribution in [-0.2, 0) is 18.0 Å². The number of hydrogen-bond donors (Lipinski definition) is 0. The predicted molar refractivity (Wildman–Crippen MR) is 193 cm³/mol. The van der Waals surface area contributed by atoms with E-state index >= 15 is 0 Å². The van der Waals surface area contributed by atoms with E-state index in [4.69, 9.17) is 0 Å². The quantitative estimate of drug-likeness (QED) is 0.158. The number of benzene rings is 4. The molecule has 226 valence electrons. The van der Waals surface area contributed by atoms with Crippen LogP contribution in [0.5, 0.6) is 0 Å². The van der Waals surface area contributed by atoms with Gasteiger partial charge in [0.25, 0.3) is 0 Å². The van der Waals surface area contributed by atoms with Crippen molar-refractivity contribution in [2.24, 2.45) is 0 Å². The summed E-state index contributed by atoms with van der Waals surface area (Å²) in [5.41, 5.74) is 17.2. The van der Waals surface area contributed by atoms with Crippen molar-refractivity contribution in [3.63, 3.8) is 0 Å². The number of aryl methyl sites for hydroxylation is 4. The van der Waals surface area contributed by atoms with E-state index in [-0.39, 0.29) is 0 Å². The Labute approximate surface area is 267 Å². The summed E-state index contributed by atoms with van der Waals surface area (Å²) >= 11 is -4.06. The molecule has 0 heterocycles. The van der Waals surface area contributed by atoms with Gasteiger partial charge in [0.05, 0.1) is 0 Å². The van der Waals surface area contributed by atoms with E-state index in [0.29, 0.717) is 7.35 Å². The van der Waals surface area contributed by atoms with E-state index in [1.165, 1.54) is 81.3 Å². The molecule has 0 aliphatic heterocycles. The molecule has 4 aromatic rings. The molecule has 2 aliphatic carbocycles. The molecule has 0 aromatic heterocycles. The molecule has 0 saturated carbocycles. The monoisotopic (exact) mass is 746 g/mol. The molecule has 1 heteroatoms. The summed E-state index contributed by atoms with van der Waals surface area (Å²) in [6, 6.07) is 27.8. The van der Waals surface area contributed by atoms with E-state index < -0.39 is 18.0 Å². The zero-order valence-corrected chi connectivity index (χ0v) is 31.8. The van der Waals surface area contributed by atoms with Gasteiger partial charge in [-0.15, -0.1) is 0 Å². The fourth-order valence-electron chi connectivity index (χ4n) is 9.29. The van der Waals surface area contributed by atoms with Gasteiger partial charge in [-0.2, -0.15) is 0 Å². The molecule has 0 fully saturated rings. The molecular weight excluding hydrogens is 695 g/mol. The van der Waals surface area contributed by atoms with Gasteiger partial charge in [-0.05, 0) is 0 Å². The molecule has 44 heavy (non-hydrogen) atoms. The molecule has 2 unspecified atom stereocenters. The second kappa shape index (κ2) is 11.8. The van der Waals surface area contributed by atoms with Crippen molar-refractivity contribution < 1.29 is 18.0 Å². The molecule has 0 bridgehead atoms. The van der Waals surface area contributed by atoms with Crippen LogP contribution in [0.1, 0.15) is 91.4 Å². The topological polar surface area (TPSA) is 0 Å². The zero-order valence-electron chi connectivity index (χ0n) is 28.2. The van der Waals surface area contributed by atoms with E-state index in [1.807, 2.05) is 3.26 Å². The molecule has 0 amide bonds. The summed E-state index contributed by atoms with van der Waals surface area (Å²) < 4.78 is 8.58. The van der Waals surface area contributed by atoms with Crippen LogP contribution < -0.4 is 0 Å². The van der Waals surface area contributed by atoms with Crippen molar-refractivity contribution in [1.82, 2.24) is 0 Å². The third-order valence-corrected chi connectivity index (χ3v) is 38.7. The minimum absolute atomic E-state index is 0.490. The van der Waals surface area contributed by atoms with Gasteiger partial charge in [0, 0.05) is 0 Å². The first-order chi connectivity index (χ1) is 21.1. The molecule has 0 spiro atoms. The van der Waals surface area contributed by atoms with Gasteiger partial charge in [-0.1, -0.05) is 0 Å². The molecule has 0 nitrogen and oxygen atoms in total. The van der Waals surface area contributed by atoms with Crippen molar-refractivity contribution in [3.8, 4) is 22.3 Å². The Kier molecular flexibility index (Phi) is 8.34. The number of fused-ring (bicyclic) bond motifs is 2. The second-order valence-corrected chi connectivity index (χ2v) is 40.3. The Hall–Kier alpha value is -2.90. The van der Waals surface area contributed by atoms with Crippen molar-refractivity contribution in [2.45, 2.75) is 83.9 Å². The van der Waals surface area contributed by atoms with Crippen LogP contribution in [0.2, 0.25) is 9.36 Å². The Balaban J connectivity index is 1.61. The van der Waals surface area contributed by atoms with Crippen LogP contribution >= 0.6 is 0 Å². The van der Waals surface area contributed by atoms with Crippen LogP contribution in [0.3, 0.4) is 0 Å². The first kappa shape index (κ1) is 31.1. The van der Waals surface area contributed by atoms with Crippen LogP contribution in [0, 0.1) is 27.7 Å². The van der Waals surface area contributed by atoms with Crippen LogP contribution in [0.15, 0.2) is 84.9 Å². The molecule has 0 radical (unpaired) electrons. The summed E-state index contributed by atoms with van der Waals surface area (Å²) in [6.07, 6.45) is 15.3. The Bertz CT molecular complexity index is 1710. The van der Waals surface area contributed by atoms with Gasteiger partial charge in [0.1, 0.15) is 0 Å². The summed E-state index contributed by atoms with van der Waals surface area (Å²) in [7, 11) is 0. The van der Waals surface area contributed by atoms with Crippen LogP contribution in [0.25, 0.3) is 34.4 Å². The minimum atomic E-state index is -4.06. The van der Waals surface area contributed by atoms with E-state index in [0.717, 1.165) is 0 Å². The van der Waals surface area contributed by atoms with Gasteiger partial charge in [-0.25, -0.2) is 0 Å². The van der Waals surface area contributed by atoms with E-state index in [2.05, 4.69) is 148 Å². The first-order valence-corrected chi connectivity index (χ1v) is 30.0. The van der Waals surface area contributed by atoms with Crippen molar-refractivity contribution in [3.05, 3.63) is 129 Å². The van der Waals surface area contributed by atoms with Gasteiger partial charge >= 0.3 is 269 Å². The average molecular weight is 745 g/mol. The van der Waals surface area contributed by atoms with E-state index in [9.17, 15) is 0 Å². The maximum absolute atomic E-state index is 4.06. The van der Waals surface area contributed by atoms with Crippen LogP contribution in [0.4, 0.5) is 0 Å². The predicted octanol–water partition coefficient (Wildman–Crippen LogP) is 12.6. The number of hydrogen-bond acceptors (Lipinski definition) is 0. The van der Waals surface area contributed by atoms with Gasteiger partial charge in [-0.3, -0.25) is 0 Å². The van der Waals surface area contributed by atoms with Crippen molar-refractivity contribution in [2.75, 3.05) is 0 Å². The van der Waals surface area contributed by atoms with Crippen molar-refractivity contribution in [1.29, 1.82) is 0 Å². The Morgan fingerprint density at radius 1 is 0.545 bits per heavy atom. The molecular formula is C43H50Hf. The fraction of sp³-hybridized carbons (Fsp3) is 0.326. The second-order valence-electron chi connectivity index (χ2n) is 14.5. The number of rotatable bonds is 8. The summed E-state index contributed by atoms with van der Waals surface area (Å²) in [6.45, 7) is 13.9. The SMILES string of the molecule is CCC[C](CCC)=[Hf]([CH3])([CH3])([CH]1C=Cc2c(-c3c(C)cccc3C)cccc21)[CH]1C=Cc2c(-c3c(C)cccc3C)cccc21. The maximum atomic E-state index is 2.84. The third-order valence-electron chi connectivity index (χ3n) is 11.5. The Morgan fingerprint density at radius 2 is 0.909 bits per heavy atom. The fourth-order valence-corrected chi connectivity index (χ4v) is 34.9. The number of allylic oxidation sites excluding steroid dienone is 2.